The number of nitrogens with one attached hydrogen (secondary N) is 1. The van der Waals surface area contributed by atoms with Crippen LogP contribution >= 0.6 is 0 Å². The zero-order valence-electron chi connectivity index (χ0n) is 11.9. The quantitative estimate of drug-likeness (QED) is 0.844. The smallest absolute Gasteiger partial charge is 0.0449 e. The average molecular weight is 264 g/mol. The molecule has 0 spiro atoms. The van der Waals surface area contributed by atoms with Gasteiger partial charge in [-0.3, -0.25) is 0 Å². The molecule has 0 saturated heterocycles. The molecule has 2 aromatic carbocycles. The molecule has 0 aliphatic carbocycles. The fraction of sp³-hybridized carbons (Fsp3) is 0.333. The third-order valence-electron chi connectivity index (χ3n) is 4.59. The molecule has 0 radical (unpaired) electrons. The van der Waals surface area contributed by atoms with Crippen molar-refractivity contribution in [2.75, 3.05) is 18.0 Å². The van der Waals surface area contributed by atoms with Crippen LogP contribution in [0.3, 0.4) is 0 Å². The van der Waals surface area contributed by atoms with E-state index in [-0.39, 0.29) is 0 Å². The van der Waals surface area contributed by atoms with Crippen LogP contribution in [0.1, 0.15) is 29.0 Å². The van der Waals surface area contributed by atoms with Crippen LogP contribution in [-0.2, 0) is 6.54 Å². The lowest BCUT2D eigenvalue weighted by atomic mass is 9.83. The molecule has 0 fully saturated rings. The van der Waals surface area contributed by atoms with Crippen molar-refractivity contribution in [1.82, 2.24) is 5.32 Å². The Kier molecular flexibility index (Phi) is 2.78. The van der Waals surface area contributed by atoms with Gasteiger partial charge in [-0.1, -0.05) is 24.3 Å². The maximum atomic E-state index is 3.55. The Bertz CT molecular complexity index is 648. The third kappa shape index (κ3) is 1.83. The molecule has 0 bridgehead atoms. The molecule has 1 unspecified atom stereocenters. The van der Waals surface area contributed by atoms with Crippen LogP contribution in [0.25, 0.3) is 0 Å². The lowest BCUT2D eigenvalue weighted by Gasteiger charge is -2.39. The minimum Gasteiger partial charge on any atom is -0.341 e. The molecule has 0 saturated carbocycles. The van der Waals surface area contributed by atoms with Gasteiger partial charge in [-0.25, -0.2) is 0 Å². The van der Waals surface area contributed by atoms with Crippen LogP contribution < -0.4 is 10.2 Å². The lowest BCUT2D eigenvalue weighted by Crippen LogP contribution is -2.36. The van der Waals surface area contributed by atoms with E-state index in [1.807, 2.05) is 0 Å². The van der Waals surface area contributed by atoms with Crippen molar-refractivity contribution in [1.29, 1.82) is 0 Å². The number of aryl methyl sites for hydroxylation is 1. The van der Waals surface area contributed by atoms with Gasteiger partial charge in [0.1, 0.15) is 0 Å². The second-order valence-electron chi connectivity index (χ2n) is 5.96. The second-order valence-corrected chi connectivity index (χ2v) is 5.96. The highest BCUT2D eigenvalue weighted by Crippen LogP contribution is 2.42. The van der Waals surface area contributed by atoms with Crippen molar-refractivity contribution in [2.45, 2.75) is 25.8 Å². The average Bonchev–Trinajstić information content (AvgIpc) is 2.48. The fourth-order valence-corrected chi connectivity index (χ4v) is 3.66. The monoisotopic (exact) mass is 264 g/mol. The Balaban J connectivity index is 1.84. The zero-order chi connectivity index (χ0) is 13.5. The molecule has 2 aliphatic heterocycles. The van der Waals surface area contributed by atoms with Gasteiger partial charge < -0.3 is 10.2 Å². The highest BCUT2D eigenvalue weighted by atomic mass is 15.1. The molecule has 2 aromatic rings. The van der Waals surface area contributed by atoms with E-state index in [9.17, 15) is 0 Å². The Labute approximate surface area is 120 Å². The highest BCUT2D eigenvalue weighted by Gasteiger charge is 2.30. The topological polar surface area (TPSA) is 15.3 Å². The first-order valence-corrected chi connectivity index (χ1v) is 7.49. The molecule has 2 aliphatic rings. The van der Waals surface area contributed by atoms with Crippen LogP contribution in [-0.4, -0.2) is 13.1 Å². The van der Waals surface area contributed by atoms with E-state index < -0.39 is 0 Å². The summed E-state index contributed by atoms with van der Waals surface area (Å²) >= 11 is 0. The molecule has 0 aromatic heterocycles. The molecule has 1 N–H and O–H groups in total. The fourth-order valence-electron chi connectivity index (χ4n) is 3.66. The molecule has 2 heterocycles. The molecular weight excluding hydrogens is 244 g/mol. The van der Waals surface area contributed by atoms with Gasteiger partial charge in [0, 0.05) is 36.9 Å². The molecular formula is C18H20N2. The maximum Gasteiger partial charge on any atom is 0.0449 e. The molecule has 20 heavy (non-hydrogen) atoms. The van der Waals surface area contributed by atoms with E-state index in [1.54, 1.807) is 5.56 Å². The number of benzene rings is 2. The number of anilines is 2. The van der Waals surface area contributed by atoms with E-state index >= 15 is 0 Å². The molecule has 2 nitrogen and oxygen atoms in total. The van der Waals surface area contributed by atoms with Crippen LogP contribution in [0, 0.1) is 6.92 Å². The Hall–Kier alpha value is -1.80. The van der Waals surface area contributed by atoms with Crippen LogP contribution in [0.2, 0.25) is 0 Å². The number of hydrogen-bond acceptors (Lipinski definition) is 2. The van der Waals surface area contributed by atoms with Crippen LogP contribution in [0.4, 0.5) is 11.4 Å². The number of rotatable bonds is 1. The highest BCUT2D eigenvalue weighted by molar-refractivity contribution is 5.71. The summed E-state index contributed by atoms with van der Waals surface area (Å²) in [7, 11) is 0. The van der Waals surface area contributed by atoms with E-state index in [1.165, 1.54) is 28.9 Å². The molecule has 102 valence electrons. The summed E-state index contributed by atoms with van der Waals surface area (Å²) in [5.74, 6) is 0.691. The Morgan fingerprint density at radius 1 is 1.15 bits per heavy atom. The third-order valence-corrected chi connectivity index (χ3v) is 4.59. The van der Waals surface area contributed by atoms with Gasteiger partial charge in [0.25, 0.3) is 0 Å². The second kappa shape index (κ2) is 4.64. The first kappa shape index (κ1) is 12.0. The van der Waals surface area contributed by atoms with Crippen molar-refractivity contribution in [2.24, 2.45) is 0 Å². The first-order valence-electron chi connectivity index (χ1n) is 7.49. The molecule has 2 heteroatoms. The van der Waals surface area contributed by atoms with Crippen molar-refractivity contribution in [3.8, 4) is 0 Å². The number of hydrogen-bond donors (Lipinski definition) is 1. The van der Waals surface area contributed by atoms with Gasteiger partial charge >= 0.3 is 0 Å². The van der Waals surface area contributed by atoms with Crippen molar-refractivity contribution >= 4 is 11.4 Å². The van der Waals surface area contributed by atoms with Crippen molar-refractivity contribution in [3.05, 3.63) is 59.2 Å². The van der Waals surface area contributed by atoms with Gasteiger partial charge in [0.15, 0.2) is 0 Å². The standard InChI is InChI=1S/C18H20N2/c1-13-4-2-6-16(10-13)20-9-8-15-12-19-11-14-5-3-7-17(20)18(14)15/h2-7,10,15,19H,8-9,11-12H2,1H3. The van der Waals surface area contributed by atoms with Crippen LogP contribution in [0.15, 0.2) is 42.5 Å². The SMILES string of the molecule is Cc1cccc(N2CCC3CNCc4cccc2c43)c1. The summed E-state index contributed by atoms with van der Waals surface area (Å²) in [5.41, 5.74) is 7.15. The van der Waals surface area contributed by atoms with Gasteiger partial charge in [0.05, 0.1) is 0 Å². The first-order chi connectivity index (χ1) is 9.83. The van der Waals surface area contributed by atoms with Crippen molar-refractivity contribution < 1.29 is 0 Å². The minimum absolute atomic E-state index is 0.691. The number of nitrogens with zero attached hydrogens (tertiary/aromatic N) is 1. The van der Waals surface area contributed by atoms with Crippen LogP contribution in [0.5, 0.6) is 0 Å². The predicted octanol–water partition coefficient (Wildman–Crippen LogP) is 3.72. The molecule has 4 rings (SSSR count). The maximum absolute atomic E-state index is 3.55. The Morgan fingerprint density at radius 3 is 2.95 bits per heavy atom. The summed E-state index contributed by atoms with van der Waals surface area (Å²) in [6.07, 6.45) is 1.24. The van der Waals surface area contributed by atoms with E-state index in [4.69, 9.17) is 0 Å². The zero-order valence-corrected chi connectivity index (χ0v) is 11.9. The van der Waals surface area contributed by atoms with E-state index in [0.717, 1.165) is 19.6 Å². The summed E-state index contributed by atoms with van der Waals surface area (Å²) in [5, 5.41) is 3.55. The lowest BCUT2D eigenvalue weighted by molar-refractivity contribution is 0.502. The Morgan fingerprint density at radius 2 is 2.05 bits per heavy atom. The largest absolute Gasteiger partial charge is 0.341 e. The van der Waals surface area contributed by atoms with Gasteiger partial charge in [0.2, 0.25) is 0 Å². The van der Waals surface area contributed by atoms with Crippen molar-refractivity contribution in [3.63, 3.8) is 0 Å². The van der Waals surface area contributed by atoms with Gasteiger partial charge in [-0.15, -0.1) is 0 Å². The predicted molar refractivity (Wildman–Crippen MR) is 83.7 cm³/mol. The van der Waals surface area contributed by atoms with E-state index in [0.29, 0.717) is 5.92 Å². The molecule has 0 amide bonds. The summed E-state index contributed by atoms with van der Waals surface area (Å²) in [6.45, 7) is 5.43. The normalized spacial score (nSPS) is 20.6. The minimum atomic E-state index is 0.691. The summed E-state index contributed by atoms with van der Waals surface area (Å²) < 4.78 is 0. The van der Waals surface area contributed by atoms with E-state index in [2.05, 4.69) is 59.6 Å². The molecule has 1 atom stereocenters. The summed E-state index contributed by atoms with van der Waals surface area (Å²) in [6, 6.07) is 15.6. The summed E-state index contributed by atoms with van der Waals surface area (Å²) in [4.78, 5) is 2.49. The van der Waals surface area contributed by atoms with Gasteiger partial charge in [-0.05, 0) is 48.2 Å². The van der Waals surface area contributed by atoms with Gasteiger partial charge in [-0.2, -0.15) is 0 Å².